The van der Waals surface area contributed by atoms with Crippen molar-refractivity contribution < 1.29 is 9.59 Å². The molecule has 0 bridgehead atoms. The fraction of sp³-hybridized carbons (Fsp3) is 0.438. The number of carbonyl (C=O) groups excluding carboxylic acids is 2. The second-order valence-corrected chi connectivity index (χ2v) is 93.4. The summed E-state index contributed by atoms with van der Waals surface area (Å²) in [5.41, 5.74) is 7.13. The van der Waals surface area contributed by atoms with Crippen LogP contribution in [0.15, 0.2) is 124 Å². The average molecular weight is 1960 g/mol. The first-order chi connectivity index (χ1) is 50.7. The van der Waals surface area contributed by atoms with E-state index in [1.807, 2.05) is 56.7 Å². The van der Waals surface area contributed by atoms with Crippen molar-refractivity contribution in [3.05, 3.63) is 169 Å². The van der Waals surface area contributed by atoms with Gasteiger partial charge in [0.15, 0.2) is 0 Å². The van der Waals surface area contributed by atoms with Crippen molar-refractivity contribution in [1.29, 1.82) is 0 Å². The van der Waals surface area contributed by atoms with Gasteiger partial charge < -0.3 is 0 Å². The third-order valence-electron chi connectivity index (χ3n) is 20.9. The maximum atomic E-state index is 11.8. The molecule has 2 aromatic carbocycles. The molecule has 1 aliphatic carbocycles. The monoisotopic (exact) mass is 1960 g/mol. The van der Waals surface area contributed by atoms with Crippen LogP contribution in [-0.4, -0.2) is 65.6 Å². The normalized spacial score (nSPS) is 12.6. The van der Waals surface area contributed by atoms with Crippen molar-refractivity contribution in [3.8, 4) is 41.8 Å². The van der Waals surface area contributed by atoms with Gasteiger partial charge in [0, 0.05) is 66.8 Å². The average Bonchev–Trinajstić information content (AvgIpc) is 1.57. The number of benzene rings is 2. The van der Waals surface area contributed by atoms with Crippen molar-refractivity contribution in [2.75, 3.05) is 0 Å². The topological polar surface area (TPSA) is 34.1 Å². The van der Waals surface area contributed by atoms with Gasteiger partial charge in [-0.2, -0.15) is 0 Å². The molecule has 11 aromatic heterocycles. The van der Waals surface area contributed by atoms with Crippen LogP contribution in [0.2, 0.25) is 44.5 Å². The van der Waals surface area contributed by atoms with E-state index in [1.165, 1.54) is 190 Å². The molecule has 0 saturated heterocycles. The minimum absolute atomic E-state index is 0.00847. The van der Waals surface area contributed by atoms with Gasteiger partial charge in [0.1, 0.15) is 0 Å². The molecule has 0 radical (unpaired) electrons. The van der Waals surface area contributed by atoms with Crippen LogP contribution in [0.25, 0.3) is 82.1 Å². The number of halogens is 1. The number of fused-ring (bicyclic) bond motifs is 6. The van der Waals surface area contributed by atoms with Crippen molar-refractivity contribution in [2.45, 2.75) is 210 Å². The van der Waals surface area contributed by atoms with E-state index >= 15 is 0 Å². The molecule has 0 unspecified atom stereocenters. The second kappa shape index (κ2) is 39.5. The zero-order valence-electron chi connectivity index (χ0n) is 66.3. The van der Waals surface area contributed by atoms with E-state index in [9.17, 15) is 9.59 Å². The van der Waals surface area contributed by atoms with E-state index in [-0.39, 0.29) is 11.6 Å². The van der Waals surface area contributed by atoms with Gasteiger partial charge in [-0.05, 0) is 119 Å². The number of hydrogen-bond donors (Lipinski definition) is 0. The third-order valence-corrected chi connectivity index (χ3v) is 51.2. The van der Waals surface area contributed by atoms with E-state index < -0.39 is 54.0 Å². The molecule has 0 atom stereocenters. The molecule has 13 aromatic rings. The molecule has 2 nitrogen and oxygen atoms in total. The van der Waals surface area contributed by atoms with Crippen LogP contribution in [0.5, 0.6) is 0 Å². The molecule has 0 fully saturated rings. The van der Waals surface area contributed by atoms with Crippen LogP contribution in [0.1, 0.15) is 188 Å². The quantitative estimate of drug-likeness (QED) is 0.0506. The molecule has 106 heavy (non-hydrogen) atoms. The Bertz CT molecular complexity index is 4520. The van der Waals surface area contributed by atoms with Crippen molar-refractivity contribution >= 4 is 245 Å². The maximum absolute atomic E-state index is 11.8. The molecule has 0 amide bonds. The molecule has 17 heteroatoms. The van der Waals surface area contributed by atoms with E-state index in [4.69, 9.17) is 8.92 Å². The zero-order valence-corrected chi connectivity index (χ0v) is 84.6. The Morgan fingerprint density at radius 2 is 0.594 bits per heavy atom. The molecular formula is C89H113ClO2S11Sn3. The minimum atomic E-state index is -2.30. The standard InChI is InChI=1S/C30H34S4.C30H32S4.C10H4O2S2.C10H16S.9CH3.ClH.3Sn/c2*1-5-19(6-2)17-21-9-11-25(33-21)27-23-13-15-32-30(23)28(24-14-16-31-29(24)27)26-12-10-22(34-26)18-20(7-3)8-4;11-7-5-1-3-13-9(5)8(12)6-2-4-14-10(6)7;1-3-9(4-2)8-10-6-5-7-11-10;;;;;;;;;;;;;/h9-16,19-20H,5-8,17-18H2,1-4H3;9-14,19-20H,5-8,17-18H2,1-4H3;1-4H;5-7,9H,3-4,8H2,1-2H3;9*1H3;1H;;;/q;;;;;;;;;;;;;;;;+1/p-1. The van der Waals surface area contributed by atoms with E-state index in [0.29, 0.717) is 20.9 Å². The van der Waals surface area contributed by atoms with Crippen LogP contribution in [0, 0.1) is 29.6 Å². The van der Waals surface area contributed by atoms with Crippen LogP contribution >= 0.6 is 134 Å². The summed E-state index contributed by atoms with van der Waals surface area (Å²) in [4.78, 5) is 60.4. The molecule has 1 aliphatic rings. The third kappa shape index (κ3) is 21.4. The van der Waals surface area contributed by atoms with E-state index in [2.05, 4.69) is 260 Å². The van der Waals surface area contributed by atoms with Crippen LogP contribution in [-0.2, 0) is 32.1 Å². The van der Waals surface area contributed by atoms with Crippen LogP contribution in [0.4, 0.5) is 0 Å². The molecule has 0 N–H and O–H groups in total. The Morgan fingerprint density at radius 3 is 0.868 bits per heavy atom. The molecule has 566 valence electrons. The Balaban J connectivity index is 0.000000165. The van der Waals surface area contributed by atoms with Crippen molar-refractivity contribution in [2.24, 2.45) is 29.6 Å². The summed E-state index contributed by atoms with van der Waals surface area (Å²) in [6.07, 6.45) is 18.9. The van der Waals surface area contributed by atoms with Gasteiger partial charge in [-0.15, -0.1) is 79.4 Å². The van der Waals surface area contributed by atoms with Gasteiger partial charge in [-0.1, -0.05) is 86.1 Å². The van der Waals surface area contributed by atoms with E-state index in [1.54, 1.807) is 63.8 Å². The van der Waals surface area contributed by atoms with Gasteiger partial charge in [0.25, 0.3) is 0 Å². The van der Waals surface area contributed by atoms with Crippen LogP contribution in [0.3, 0.4) is 0 Å². The van der Waals surface area contributed by atoms with Gasteiger partial charge in [-0.3, -0.25) is 9.59 Å². The number of rotatable bonds is 26. The summed E-state index contributed by atoms with van der Waals surface area (Å²) >= 11 is 14.6. The molecule has 0 saturated carbocycles. The Morgan fingerprint density at radius 1 is 0.311 bits per heavy atom. The number of ketones is 2. The SMILES string of the molecule is CCC(CC)Cc1ccc(-c2c3c[c]([Sn]([CH3])([CH3])[CH3])sc3c(-c3ccc(CC(CC)CC)s3)c3c[c]([Sn]([CH3])([CH3])[CH3])sc23)s1.CCC(CC)Cc1ccc(-c2c3ccsc3c(-c3ccc(CC(CC)CC)s3)c3ccsc23)s1.CCC(CC)Cc1cccs1.O=C1c2ccsc2C(=O)c2ccsc21.[CH3][Sn]([CH3])([CH3])[Cl]. The predicted molar refractivity (Wildman–Crippen MR) is 502 cm³/mol. The fourth-order valence-electron chi connectivity index (χ4n) is 13.9. The Hall–Kier alpha value is -1.79. The summed E-state index contributed by atoms with van der Waals surface area (Å²) in [6, 6.07) is 37.2. The summed E-state index contributed by atoms with van der Waals surface area (Å²) in [6.45, 7) is 23.3. The van der Waals surface area contributed by atoms with Gasteiger partial charge in [0.05, 0.1) is 9.75 Å². The first-order valence-electron chi connectivity index (χ1n) is 38.9. The molecule has 0 aliphatic heterocycles. The Kier molecular flexibility index (Phi) is 32.3. The number of carbonyl (C=O) groups is 2. The van der Waals surface area contributed by atoms with Crippen molar-refractivity contribution in [1.82, 2.24) is 0 Å². The summed E-state index contributed by atoms with van der Waals surface area (Å²) < 4.78 is 9.42. The number of thiophene rings is 11. The van der Waals surface area contributed by atoms with Crippen molar-refractivity contribution in [3.63, 3.8) is 0 Å². The summed E-state index contributed by atoms with van der Waals surface area (Å²) in [5, 5.41) is 16.3. The van der Waals surface area contributed by atoms with Gasteiger partial charge in [0.2, 0.25) is 11.6 Å². The predicted octanol–water partition coefficient (Wildman–Crippen LogP) is 32.5. The van der Waals surface area contributed by atoms with E-state index in [0.717, 1.165) is 29.6 Å². The van der Waals surface area contributed by atoms with Crippen LogP contribution < -0.4 is 5.79 Å². The first kappa shape index (κ1) is 86.6. The molecule has 11 heterocycles. The molecule has 0 spiro atoms. The first-order valence-corrected chi connectivity index (χ1v) is 80.4. The number of hydrogen-bond acceptors (Lipinski definition) is 13. The summed E-state index contributed by atoms with van der Waals surface area (Å²) in [7, 11) is 5.74. The zero-order chi connectivity index (χ0) is 76.4. The summed E-state index contributed by atoms with van der Waals surface area (Å²) in [5.74, 6) is 4.05. The second-order valence-electron chi connectivity index (χ2n) is 31.7. The van der Waals surface area contributed by atoms with Gasteiger partial charge in [-0.25, -0.2) is 0 Å². The Labute approximate surface area is 696 Å². The van der Waals surface area contributed by atoms with Gasteiger partial charge >= 0.3 is 324 Å². The molecular weight excluding hydrogens is 1850 g/mol. The molecule has 14 rings (SSSR count). The fourth-order valence-corrected chi connectivity index (χ4v) is 36.3.